The molecule has 0 saturated heterocycles. The summed E-state index contributed by atoms with van der Waals surface area (Å²) in [6, 6.07) is 11.4. The lowest BCUT2D eigenvalue weighted by molar-refractivity contribution is -0.138. The minimum atomic E-state index is -4.65. The third-order valence-electron chi connectivity index (χ3n) is 5.09. The molecule has 0 aliphatic heterocycles. The third kappa shape index (κ3) is 4.61. The van der Waals surface area contributed by atoms with Crippen LogP contribution in [0.1, 0.15) is 33.6 Å². The van der Waals surface area contributed by atoms with Crippen LogP contribution in [0, 0.1) is 6.92 Å². The van der Waals surface area contributed by atoms with Crippen molar-refractivity contribution < 1.29 is 32.6 Å². The molecule has 2 aromatic carbocycles. The van der Waals surface area contributed by atoms with E-state index in [-0.39, 0.29) is 35.4 Å². The van der Waals surface area contributed by atoms with E-state index in [4.69, 9.17) is 15.6 Å². The minimum Gasteiger partial charge on any atom is -0.497 e. The van der Waals surface area contributed by atoms with Crippen LogP contribution in [0.5, 0.6) is 5.75 Å². The standard InChI is InChI=1S/C23H21F3N2O4/c1-13-11-14(22(27)31)3-8-19(13)28-15(5-10-21(29)30)4-9-20(28)17-7-6-16(32-2)12-18(17)23(24,25)26/h3-4,6-9,11-12H,5,10H2,1-2H3,(H2,27,31)(H,29,30). The molecule has 0 radical (unpaired) electrons. The van der Waals surface area contributed by atoms with Crippen LogP contribution in [0.15, 0.2) is 48.5 Å². The number of aromatic nitrogens is 1. The van der Waals surface area contributed by atoms with Crippen LogP contribution < -0.4 is 10.5 Å². The summed E-state index contributed by atoms with van der Waals surface area (Å²) in [6.07, 6.45) is -4.74. The lowest BCUT2D eigenvalue weighted by Gasteiger charge is -2.20. The Hall–Kier alpha value is -3.75. The van der Waals surface area contributed by atoms with Crippen LogP contribution in [0.3, 0.4) is 0 Å². The molecule has 0 saturated carbocycles. The largest absolute Gasteiger partial charge is 0.497 e. The number of alkyl halides is 3. The van der Waals surface area contributed by atoms with Crippen molar-refractivity contribution in [3.63, 3.8) is 0 Å². The van der Waals surface area contributed by atoms with Gasteiger partial charge in [0.05, 0.1) is 24.8 Å². The fraction of sp³-hybridized carbons (Fsp3) is 0.217. The number of nitrogens with two attached hydrogens (primary N) is 1. The van der Waals surface area contributed by atoms with Gasteiger partial charge in [0, 0.05) is 22.5 Å². The van der Waals surface area contributed by atoms with Gasteiger partial charge < -0.3 is 20.1 Å². The summed E-state index contributed by atoms with van der Waals surface area (Å²) in [5.41, 5.74) is 6.48. The highest BCUT2D eigenvalue weighted by molar-refractivity contribution is 5.93. The summed E-state index contributed by atoms with van der Waals surface area (Å²) in [5, 5.41) is 9.10. The Morgan fingerprint density at radius 3 is 2.38 bits per heavy atom. The quantitative estimate of drug-likeness (QED) is 0.555. The van der Waals surface area contributed by atoms with E-state index < -0.39 is 23.6 Å². The molecule has 0 unspecified atom stereocenters. The van der Waals surface area contributed by atoms with E-state index in [0.29, 0.717) is 16.9 Å². The zero-order valence-electron chi connectivity index (χ0n) is 17.4. The second-order valence-electron chi connectivity index (χ2n) is 7.21. The first-order chi connectivity index (χ1) is 15.0. The van der Waals surface area contributed by atoms with Crippen LogP contribution >= 0.6 is 0 Å². The van der Waals surface area contributed by atoms with Gasteiger partial charge in [-0.25, -0.2) is 0 Å². The Bertz CT molecular complexity index is 1180. The average molecular weight is 446 g/mol. The lowest BCUT2D eigenvalue weighted by Crippen LogP contribution is -2.13. The first-order valence-corrected chi connectivity index (χ1v) is 9.61. The minimum absolute atomic E-state index is 0.0623. The maximum Gasteiger partial charge on any atom is 0.417 e. The van der Waals surface area contributed by atoms with Gasteiger partial charge in [-0.3, -0.25) is 9.59 Å². The number of aliphatic carboxylic acids is 1. The molecule has 32 heavy (non-hydrogen) atoms. The molecular weight excluding hydrogens is 425 g/mol. The Labute approximate surface area is 182 Å². The number of carboxylic acid groups (broad SMARTS) is 1. The highest BCUT2D eigenvalue weighted by Crippen LogP contribution is 2.41. The number of carbonyl (C=O) groups excluding carboxylic acids is 1. The average Bonchev–Trinajstić information content (AvgIpc) is 3.14. The van der Waals surface area contributed by atoms with Crippen molar-refractivity contribution in [2.24, 2.45) is 5.73 Å². The number of aryl methyl sites for hydroxylation is 2. The number of hydrogen-bond acceptors (Lipinski definition) is 3. The first kappa shape index (κ1) is 22.9. The molecule has 1 amide bonds. The number of carbonyl (C=O) groups is 2. The van der Waals surface area contributed by atoms with Gasteiger partial charge in [0.25, 0.3) is 0 Å². The number of nitrogens with zero attached hydrogens (tertiary/aromatic N) is 1. The Morgan fingerprint density at radius 2 is 1.81 bits per heavy atom. The van der Waals surface area contributed by atoms with Gasteiger partial charge in [-0.1, -0.05) is 0 Å². The molecule has 0 spiro atoms. The molecule has 0 aliphatic rings. The van der Waals surface area contributed by atoms with E-state index in [0.717, 1.165) is 6.07 Å². The molecule has 168 valence electrons. The maximum absolute atomic E-state index is 13.9. The summed E-state index contributed by atoms with van der Waals surface area (Å²) in [6.45, 7) is 1.70. The molecule has 3 rings (SSSR count). The summed E-state index contributed by atoms with van der Waals surface area (Å²) in [7, 11) is 1.28. The van der Waals surface area contributed by atoms with Crippen molar-refractivity contribution in [1.29, 1.82) is 0 Å². The molecule has 0 bridgehead atoms. The van der Waals surface area contributed by atoms with E-state index in [9.17, 15) is 22.8 Å². The highest BCUT2D eigenvalue weighted by atomic mass is 19.4. The van der Waals surface area contributed by atoms with Crippen molar-refractivity contribution >= 4 is 11.9 Å². The smallest absolute Gasteiger partial charge is 0.417 e. The Balaban J connectivity index is 2.28. The van der Waals surface area contributed by atoms with Crippen LogP contribution in [0.2, 0.25) is 0 Å². The molecule has 3 aromatic rings. The first-order valence-electron chi connectivity index (χ1n) is 9.61. The maximum atomic E-state index is 13.9. The summed E-state index contributed by atoms with van der Waals surface area (Å²) >= 11 is 0. The number of amides is 1. The van der Waals surface area contributed by atoms with Gasteiger partial charge >= 0.3 is 12.1 Å². The Kier molecular flexibility index (Phi) is 6.29. The number of hydrogen-bond donors (Lipinski definition) is 2. The highest BCUT2D eigenvalue weighted by Gasteiger charge is 2.35. The van der Waals surface area contributed by atoms with Gasteiger partial charge in [0.2, 0.25) is 5.91 Å². The topological polar surface area (TPSA) is 94.6 Å². The summed E-state index contributed by atoms with van der Waals surface area (Å²) < 4.78 is 48.2. The number of carboxylic acids is 1. The molecule has 1 heterocycles. The predicted molar refractivity (Wildman–Crippen MR) is 112 cm³/mol. The van der Waals surface area contributed by atoms with Crippen LogP contribution in [0.4, 0.5) is 13.2 Å². The van der Waals surface area contributed by atoms with Crippen molar-refractivity contribution in [3.8, 4) is 22.7 Å². The van der Waals surface area contributed by atoms with Gasteiger partial charge in [-0.2, -0.15) is 13.2 Å². The van der Waals surface area contributed by atoms with Crippen molar-refractivity contribution in [1.82, 2.24) is 4.57 Å². The van der Waals surface area contributed by atoms with E-state index in [1.807, 2.05) is 0 Å². The van der Waals surface area contributed by atoms with Crippen molar-refractivity contribution in [3.05, 3.63) is 70.9 Å². The van der Waals surface area contributed by atoms with E-state index in [1.165, 1.54) is 31.4 Å². The SMILES string of the molecule is COc1ccc(-c2ccc(CCC(=O)O)n2-c2ccc(C(N)=O)cc2C)c(C(F)(F)F)c1. The molecule has 9 heteroatoms. The molecule has 1 aromatic heterocycles. The summed E-state index contributed by atoms with van der Waals surface area (Å²) in [5.74, 6) is -1.60. The molecule has 0 fully saturated rings. The fourth-order valence-corrected chi connectivity index (χ4v) is 3.57. The monoisotopic (exact) mass is 446 g/mol. The van der Waals surface area contributed by atoms with Gasteiger partial charge in [-0.15, -0.1) is 0 Å². The molecule has 6 nitrogen and oxygen atoms in total. The van der Waals surface area contributed by atoms with Crippen molar-refractivity contribution in [2.45, 2.75) is 25.9 Å². The number of benzene rings is 2. The second-order valence-corrected chi connectivity index (χ2v) is 7.21. The molecular formula is C23H21F3N2O4. The summed E-state index contributed by atoms with van der Waals surface area (Å²) in [4.78, 5) is 22.6. The fourth-order valence-electron chi connectivity index (χ4n) is 3.57. The molecule has 0 atom stereocenters. The van der Waals surface area contributed by atoms with Crippen molar-refractivity contribution in [2.75, 3.05) is 7.11 Å². The molecule has 3 N–H and O–H groups in total. The predicted octanol–water partition coefficient (Wildman–Crippen LogP) is 4.60. The second kappa shape index (κ2) is 8.78. The van der Waals surface area contributed by atoms with Gasteiger partial charge in [0.1, 0.15) is 5.75 Å². The number of rotatable bonds is 7. The number of halogens is 3. The zero-order valence-corrected chi connectivity index (χ0v) is 17.4. The van der Waals surface area contributed by atoms with E-state index in [2.05, 4.69) is 0 Å². The third-order valence-corrected chi connectivity index (χ3v) is 5.09. The van der Waals surface area contributed by atoms with Crippen LogP contribution in [-0.2, 0) is 17.4 Å². The lowest BCUT2D eigenvalue weighted by atomic mass is 10.0. The number of primary amides is 1. The van der Waals surface area contributed by atoms with Crippen LogP contribution in [-0.4, -0.2) is 28.7 Å². The van der Waals surface area contributed by atoms with E-state index >= 15 is 0 Å². The molecule has 0 aliphatic carbocycles. The number of methoxy groups -OCH3 is 1. The van der Waals surface area contributed by atoms with E-state index in [1.54, 1.807) is 29.7 Å². The van der Waals surface area contributed by atoms with Gasteiger partial charge in [0.15, 0.2) is 0 Å². The van der Waals surface area contributed by atoms with Gasteiger partial charge in [-0.05, 0) is 67.4 Å². The number of ether oxygens (including phenoxy) is 1. The zero-order chi connectivity index (χ0) is 23.6. The normalized spacial score (nSPS) is 11.4. The van der Waals surface area contributed by atoms with Crippen LogP contribution in [0.25, 0.3) is 16.9 Å². The Morgan fingerprint density at radius 1 is 1.09 bits per heavy atom.